The lowest BCUT2D eigenvalue weighted by atomic mass is 10.2. The Morgan fingerprint density at radius 1 is 1.23 bits per heavy atom. The number of likely N-dealkylation sites (N-methyl/N-ethyl adjacent to an activating group) is 1. The summed E-state index contributed by atoms with van der Waals surface area (Å²) in [5.74, 6) is -0.262. The third kappa shape index (κ3) is 6.48. The van der Waals surface area contributed by atoms with Crippen molar-refractivity contribution < 1.29 is 23.3 Å². The van der Waals surface area contributed by atoms with Gasteiger partial charge in [0.15, 0.2) is 17.3 Å². The number of methoxy groups -OCH3 is 1. The number of hydrogen-bond donors (Lipinski definition) is 2. The molecule has 0 aliphatic carbocycles. The number of nitrogens with one attached hydrogen (secondary N) is 2. The Kier molecular flexibility index (Phi) is 7.76. The number of nitro groups is 1. The molecule has 2 N–H and O–H groups in total. The molecule has 0 bridgehead atoms. The summed E-state index contributed by atoms with van der Waals surface area (Å²) >= 11 is 0. The predicted octanol–water partition coefficient (Wildman–Crippen LogP) is 3.33. The van der Waals surface area contributed by atoms with Crippen molar-refractivity contribution in [2.45, 2.75) is 6.54 Å². The molecule has 3 aromatic heterocycles. The van der Waals surface area contributed by atoms with Gasteiger partial charge < -0.3 is 34.5 Å². The molecule has 0 saturated heterocycles. The lowest BCUT2D eigenvalue weighted by molar-refractivity contribution is -0.898. The van der Waals surface area contributed by atoms with Crippen LogP contribution in [-0.4, -0.2) is 67.6 Å². The summed E-state index contributed by atoms with van der Waals surface area (Å²) in [5.41, 5.74) is 1.59. The molecule has 0 spiro atoms. The zero-order valence-corrected chi connectivity index (χ0v) is 21.8. The first-order valence-electron chi connectivity index (χ1n) is 11.7. The highest BCUT2D eigenvalue weighted by Gasteiger charge is 2.26. The van der Waals surface area contributed by atoms with Gasteiger partial charge in [0.2, 0.25) is 12.2 Å². The van der Waals surface area contributed by atoms with E-state index in [0.717, 1.165) is 0 Å². The molecule has 1 aromatic carbocycles. The first-order chi connectivity index (χ1) is 18.6. The van der Waals surface area contributed by atoms with Crippen molar-refractivity contribution in [3.8, 4) is 5.75 Å². The van der Waals surface area contributed by atoms with E-state index in [4.69, 9.17) is 4.74 Å². The molecule has 0 unspecified atom stereocenters. The fourth-order valence-electron chi connectivity index (χ4n) is 3.86. The van der Waals surface area contributed by atoms with E-state index in [1.54, 1.807) is 29.8 Å². The average Bonchev–Trinajstić information content (AvgIpc) is 3.24. The smallest absolute Gasteiger partial charge is 0.390 e. The second-order valence-corrected chi connectivity index (χ2v) is 9.33. The van der Waals surface area contributed by atoms with Crippen LogP contribution in [-0.2, 0) is 18.4 Å². The summed E-state index contributed by atoms with van der Waals surface area (Å²) in [6, 6.07) is 5.96. The highest BCUT2D eigenvalue weighted by molar-refractivity contribution is 6.00. The van der Waals surface area contributed by atoms with E-state index in [-0.39, 0.29) is 17.4 Å². The number of fused-ring (bicyclic) bond motifs is 1. The minimum Gasteiger partial charge on any atom is -0.494 e. The van der Waals surface area contributed by atoms with Crippen molar-refractivity contribution in [1.29, 1.82) is 0 Å². The van der Waals surface area contributed by atoms with Gasteiger partial charge in [-0.3, -0.25) is 4.79 Å². The molecule has 13 nitrogen and oxygen atoms in total. The number of aryl methyl sites for hydroxylation is 1. The lowest BCUT2D eigenvalue weighted by Gasteiger charge is -2.27. The van der Waals surface area contributed by atoms with E-state index in [0.29, 0.717) is 45.7 Å². The summed E-state index contributed by atoms with van der Waals surface area (Å²) < 4.78 is 20.8. The SMILES string of the molecule is COc1cc(Nc2ncnc3cnc(NC(=O)/C=C/C[N+](C)(C)Cc4c([N+](=O)[O-])ncn4C)cc23)ccc1F. The zero-order chi connectivity index (χ0) is 28.2. The molecule has 39 heavy (non-hydrogen) atoms. The van der Waals surface area contributed by atoms with Crippen LogP contribution in [0.1, 0.15) is 5.69 Å². The highest BCUT2D eigenvalue weighted by atomic mass is 19.1. The van der Waals surface area contributed by atoms with Crippen LogP contribution in [0.25, 0.3) is 10.9 Å². The van der Waals surface area contributed by atoms with Gasteiger partial charge in [-0.05, 0) is 34.2 Å². The normalized spacial score (nSPS) is 11.6. The molecular weight excluding hydrogens is 509 g/mol. The predicted molar refractivity (Wildman–Crippen MR) is 142 cm³/mol. The Balaban J connectivity index is 1.44. The molecule has 0 radical (unpaired) electrons. The zero-order valence-electron chi connectivity index (χ0n) is 21.8. The molecule has 1 amide bonds. The molecule has 0 atom stereocenters. The molecule has 0 aliphatic rings. The summed E-state index contributed by atoms with van der Waals surface area (Å²) in [4.78, 5) is 39.9. The quantitative estimate of drug-likeness (QED) is 0.135. The summed E-state index contributed by atoms with van der Waals surface area (Å²) in [7, 11) is 6.88. The Morgan fingerprint density at radius 2 is 2.03 bits per heavy atom. The molecule has 4 aromatic rings. The number of halogens is 1. The van der Waals surface area contributed by atoms with E-state index in [1.807, 2.05) is 14.1 Å². The number of aromatic nitrogens is 5. The largest absolute Gasteiger partial charge is 0.494 e. The van der Waals surface area contributed by atoms with Crippen LogP contribution in [0.15, 0.2) is 55.3 Å². The van der Waals surface area contributed by atoms with Crippen LogP contribution in [0.2, 0.25) is 0 Å². The van der Waals surface area contributed by atoms with Crippen LogP contribution in [0.5, 0.6) is 5.75 Å². The number of nitrogens with zero attached hydrogens (tertiary/aromatic N) is 7. The summed E-state index contributed by atoms with van der Waals surface area (Å²) in [6.45, 7) is 0.782. The van der Waals surface area contributed by atoms with Crippen LogP contribution >= 0.6 is 0 Å². The van der Waals surface area contributed by atoms with Gasteiger partial charge in [0.1, 0.15) is 24.5 Å². The van der Waals surface area contributed by atoms with Gasteiger partial charge in [-0.1, -0.05) is 0 Å². The van der Waals surface area contributed by atoms with Gasteiger partial charge >= 0.3 is 5.82 Å². The van der Waals surface area contributed by atoms with Gasteiger partial charge in [-0.15, -0.1) is 0 Å². The Bertz CT molecular complexity index is 1570. The van der Waals surface area contributed by atoms with Crippen molar-refractivity contribution in [3.05, 3.63) is 76.9 Å². The van der Waals surface area contributed by atoms with Crippen molar-refractivity contribution in [2.24, 2.45) is 7.05 Å². The molecule has 3 heterocycles. The Morgan fingerprint density at radius 3 is 2.77 bits per heavy atom. The minimum atomic E-state index is -0.502. The molecule has 4 rings (SSSR count). The number of carbonyl (C=O) groups is 1. The first-order valence-corrected chi connectivity index (χ1v) is 11.7. The van der Waals surface area contributed by atoms with Gasteiger partial charge in [-0.25, -0.2) is 19.3 Å². The number of hydrogen-bond acceptors (Lipinski definition) is 9. The molecule has 0 saturated carbocycles. The Hall–Kier alpha value is -4.98. The van der Waals surface area contributed by atoms with E-state index < -0.39 is 16.6 Å². The second kappa shape index (κ2) is 11.2. The van der Waals surface area contributed by atoms with E-state index in [2.05, 4.69) is 30.6 Å². The highest BCUT2D eigenvalue weighted by Crippen LogP contribution is 2.27. The topological polar surface area (TPSA) is 150 Å². The molecular formula is C25H27FN9O4+. The number of anilines is 3. The molecule has 0 fully saturated rings. The maximum absolute atomic E-state index is 13.8. The number of benzene rings is 1. The van der Waals surface area contributed by atoms with Crippen LogP contribution in [0.3, 0.4) is 0 Å². The number of amides is 1. The summed E-state index contributed by atoms with van der Waals surface area (Å²) in [5, 5.41) is 17.7. The van der Waals surface area contributed by atoms with Crippen molar-refractivity contribution in [1.82, 2.24) is 24.5 Å². The van der Waals surface area contributed by atoms with Crippen molar-refractivity contribution in [3.63, 3.8) is 0 Å². The molecule has 0 aliphatic heterocycles. The van der Waals surface area contributed by atoms with E-state index in [9.17, 15) is 19.3 Å². The van der Waals surface area contributed by atoms with Crippen molar-refractivity contribution >= 4 is 40.0 Å². The van der Waals surface area contributed by atoms with Gasteiger partial charge in [0.25, 0.3) is 0 Å². The number of pyridine rings is 1. The van der Waals surface area contributed by atoms with Crippen LogP contribution in [0, 0.1) is 15.9 Å². The maximum Gasteiger partial charge on any atom is 0.390 e. The minimum absolute atomic E-state index is 0.0834. The van der Waals surface area contributed by atoms with E-state index in [1.165, 1.54) is 44.2 Å². The number of imidazole rings is 1. The third-order valence-electron chi connectivity index (χ3n) is 5.84. The molecule has 202 valence electrons. The van der Waals surface area contributed by atoms with Crippen LogP contribution < -0.4 is 15.4 Å². The number of rotatable bonds is 10. The van der Waals surface area contributed by atoms with E-state index >= 15 is 0 Å². The standard InChI is InChI=1S/C25H26FN9O4/c1-33-15-30-25(34(37)38)20(33)13-35(2,3)9-5-6-23(36)32-22-11-17-19(12-27-22)28-14-29-24(17)31-16-7-8-18(26)21(10-16)39-4/h5-8,10-12,14-15H,9,13H2,1-4H3,(H-,27,28,29,31,32,36)/p+1/b6-5+. The fraction of sp³-hybridized carbons (Fsp3) is 0.240. The van der Waals surface area contributed by atoms with Crippen LogP contribution in [0.4, 0.5) is 27.5 Å². The second-order valence-electron chi connectivity index (χ2n) is 9.33. The number of ether oxygens (including phenoxy) is 1. The maximum atomic E-state index is 13.8. The molecule has 14 heteroatoms. The summed E-state index contributed by atoms with van der Waals surface area (Å²) in [6.07, 6.45) is 7.36. The first kappa shape index (κ1) is 27.1. The van der Waals surface area contributed by atoms with Gasteiger partial charge in [0, 0.05) is 30.3 Å². The number of carbonyl (C=O) groups excluding carboxylic acids is 1. The Labute approximate surface area is 222 Å². The van der Waals surface area contributed by atoms with Crippen molar-refractivity contribution in [2.75, 3.05) is 38.4 Å². The van der Waals surface area contributed by atoms with Gasteiger partial charge in [-0.2, -0.15) is 0 Å². The van der Waals surface area contributed by atoms with Gasteiger partial charge in [0.05, 0.1) is 39.5 Å². The third-order valence-corrected chi connectivity index (χ3v) is 5.84. The lowest BCUT2D eigenvalue weighted by Crippen LogP contribution is -2.39. The average molecular weight is 537 g/mol. The number of quaternary nitrogens is 1. The monoisotopic (exact) mass is 536 g/mol. The fourth-order valence-corrected chi connectivity index (χ4v) is 3.86.